The highest BCUT2D eigenvalue weighted by molar-refractivity contribution is 7.92. The number of rotatable bonds is 2. The van der Waals surface area contributed by atoms with Crippen LogP contribution in [-0.2, 0) is 20.0 Å². The molecule has 12 heteroatoms. The molecular weight excluding hydrogens is 442 g/mol. The van der Waals surface area contributed by atoms with Crippen molar-refractivity contribution in [3.8, 4) is 5.69 Å². The molecule has 0 saturated heterocycles. The quantitative estimate of drug-likeness (QED) is 0.614. The zero-order chi connectivity index (χ0) is 22.6. The molecule has 3 rings (SSSR count). The number of hydrogen-bond acceptors (Lipinski definition) is 6. The summed E-state index contributed by atoms with van der Waals surface area (Å²) in [5.74, 6) is -0.661. The lowest BCUT2D eigenvalue weighted by Crippen LogP contribution is -2.42. The highest BCUT2D eigenvalue weighted by Gasteiger charge is 2.21. The molecule has 31 heavy (non-hydrogen) atoms. The first-order valence-electron chi connectivity index (χ1n) is 10.1. The molecule has 10 nitrogen and oxygen atoms in total. The van der Waals surface area contributed by atoms with Gasteiger partial charge in [0.2, 0.25) is 20.0 Å². The van der Waals surface area contributed by atoms with E-state index >= 15 is 0 Å². The van der Waals surface area contributed by atoms with Gasteiger partial charge in [0.25, 0.3) is 5.91 Å². The minimum Gasteiger partial charge on any atom is -0.272 e. The zero-order valence-electron chi connectivity index (χ0n) is 17.5. The van der Waals surface area contributed by atoms with Crippen LogP contribution in [0.3, 0.4) is 0 Å². The number of nitrogens with zero attached hydrogens (tertiary/aromatic N) is 2. The van der Waals surface area contributed by atoms with Crippen molar-refractivity contribution in [2.75, 3.05) is 16.2 Å². The Morgan fingerprint density at radius 1 is 0.935 bits per heavy atom. The number of benzene rings is 1. The van der Waals surface area contributed by atoms with E-state index in [1.165, 1.54) is 10.7 Å². The number of carbonyl (C=O) groups excluding carboxylic acids is 1. The van der Waals surface area contributed by atoms with Crippen molar-refractivity contribution in [2.45, 2.75) is 45.4 Å². The summed E-state index contributed by atoms with van der Waals surface area (Å²) in [6.45, 7) is 4.11. The van der Waals surface area contributed by atoms with Gasteiger partial charge in [-0.15, -0.1) is 4.83 Å². The van der Waals surface area contributed by atoms with E-state index in [1.54, 1.807) is 12.1 Å². The SMILES string of the molecule is CC(C)c1ccc(-n2nc3cc2NS(=O)(=O)CCCCCCS(=O)(=O)NNC3=O)cc1. The molecule has 0 aliphatic carbocycles. The lowest BCUT2D eigenvalue weighted by atomic mass is 10.0. The van der Waals surface area contributed by atoms with Crippen LogP contribution in [0.25, 0.3) is 5.69 Å². The summed E-state index contributed by atoms with van der Waals surface area (Å²) in [5, 5.41) is 4.20. The normalized spacial score (nSPS) is 19.6. The van der Waals surface area contributed by atoms with Crippen LogP contribution in [0.15, 0.2) is 30.3 Å². The molecule has 2 aromatic rings. The van der Waals surface area contributed by atoms with Crippen molar-refractivity contribution >= 4 is 31.8 Å². The highest BCUT2D eigenvalue weighted by atomic mass is 32.2. The van der Waals surface area contributed by atoms with Crippen molar-refractivity contribution in [1.82, 2.24) is 20.0 Å². The lowest BCUT2D eigenvalue weighted by Gasteiger charge is -2.12. The molecule has 0 saturated carbocycles. The highest BCUT2D eigenvalue weighted by Crippen LogP contribution is 2.22. The van der Waals surface area contributed by atoms with Gasteiger partial charge in [0.15, 0.2) is 5.69 Å². The van der Waals surface area contributed by atoms with Crippen LogP contribution < -0.4 is 15.0 Å². The smallest absolute Gasteiger partial charge is 0.272 e. The molecule has 0 unspecified atom stereocenters. The fraction of sp³-hybridized carbons (Fsp3) is 0.474. The molecule has 0 atom stereocenters. The summed E-state index contributed by atoms with van der Waals surface area (Å²) in [6.07, 6.45) is 1.89. The van der Waals surface area contributed by atoms with Crippen LogP contribution in [0.2, 0.25) is 0 Å². The Morgan fingerprint density at radius 3 is 2.16 bits per heavy atom. The number of aromatic nitrogens is 2. The average molecular weight is 470 g/mol. The van der Waals surface area contributed by atoms with Gasteiger partial charge in [-0.1, -0.05) is 38.8 Å². The molecule has 1 aromatic carbocycles. The number of hydrogen-bond donors (Lipinski definition) is 3. The topological polar surface area (TPSA) is 139 Å². The first kappa shape index (κ1) is 23.2. The minimum atomic E-state index is -3.70. The standard InChI is InChI=1S/C19H27N5O5S2/c1-14(2)15-7-9-16(10-8-15)24-18-13-17(21-24)19(25)20-23-31(28,29)12-6-4-3-5-11-30(26,27)22-18/h7-10,13-14,22-23H,3-6,11-12H2,1-2H3,(H,20,25). The fourth-order valence-electron chi connectivity index (χ4n) is 3.15. The third-order valence-corrected chi connectivity index (χ3v) is 7.49. The Hall–Kier alpha value is -2.44. The summed E-state index contributed by atoms with van der Waals surface area (Å²) >= 11 is 0. The van der Waals surface area contributed by atoms with Gasteiger partial charge in [0.1, 0.15) is 5.82 Å². The summed E-state index contributed by atoms with van der Waals surface area (Å²) in [6, 6.07) is 8.64. The van der Waals surface area contributed by atoms with Gasteiger partial charge < -0.3 is 0 Å². The Kier molecular flexibility index (Phi) is 7.02. The van der Waals surface area contributed by atoms with E-state index < -0.39 is 26.0 Å². The van der Waals surface area contributed by atoms with E-state index in [-0.39, 0.29) is 23.0 Å². The first-order chi connectivity index (χ1) is 14.6. The monoisotopic (exact) mass is 469 g/mol. The van der Waals surface area contributed by atoms with Gasteiger partial charge >= 0.3 is 0 Å². The van der Waals surface area contributed by atoms with Crippen molar-refractivity contribution in [1.29, 1.82) is 0 Å². The number of amides is 1. The van der Waals surface area contributed by atoms with Gasteiger partial charge in [-0.3, -0.25) is 14.9 Å². The molecular formula is C19H27N5O5S2. The van der Waals surface area contributed by atoms with Crippen LogP contribution in [0.5, 0.6) is 0 Å². The predicted octanol–water partition coefficient (Wildman–Crippen LogP) is 1.88. The second-order valence-electron chi connectivity index (χ2n) is 7.78. The second-order valence-corrected chi connectivity index (χ2v) is 11.5. The van der Waals surface area contributed by atoms with Gasteiger partial charge in [-0.2, -0.15) is 5.10 Å². The number of carbonyl (C=O) groups is 1. The van der Waals surface area contributed by atoms with Crippen molar-refractivity contribution in [2.24, 2.45) is 0 Å². The molecule has 3 N–H and O–H groups in total. The summed E-state index contributed by atoms with van der Waals surface area (Å²) in [7, 11) is -7.37. The van der Waals surface area contributed by atoms with Crippen molar-refractivity contribution in [3.63, 3.8) is 0 Å². The molecule has 1 amide bonds. The lowest BCUT2D eigenvalue weighted by molar-refractivity contribution is 0.0939. The fourth-order valence-corrected chi connectivity index (χ4v) is 5.23. The predicted molar refractivity (Wildman–Crippen MR) is 118 cm³/mol. The van der Waals surface area contributed by atoms with E-state index in [9.17, 15) is 21.6 Å². The molecule has 0 spiro atoms. The molecule has 0 radical (unpaired) electrons. The third-order valence-electron chi connectivity index (χ3n) is 4.90. The number of anilines is 1. The van der Waals surface area contributed by atoms with Crippen LogP contribution in [0, 0.1) is 0 Å². The van der Waals surface area contributed by atoms with Crippen LogP contribution >= 0.6 is 0 Å². The van der Waals surface area contributed by atoms with E-state index in [4.69, 9.17) is 0 Å². The molecule has 170 valence electrons. The molecule has 0 fully saturated rings. The number of fused-ring (bicyclic) bond motifs is 2. The van der Waals surface area contributed by atoms with Gasteiger partial charge in [-0.05, 0) is 36.5 Å². The largest absolute Gasteiger partial charge is 0.286 e. The van der Waals surface area contributed by atoms with Crippen LogP contribution in [0.4, 0.5) is 5.82 Å². The second kappa shape index (κ2) is 9.37. The first-order valence-corrected chi connectivity index (χ1v) is 13.4. The van der Waals surface area contributed by atoms with Gasteiger partial charge in [-0.25, -0.2) is 21.5 Å². The number of hydrazine groups is 1. The van der Waals surface area contributed by atoms with E-state index in [1.807, 2.05) is 12.1 Å². The number of sulfonamides is 2. The average Bonchev–Trinajstić information content (AvgIpc) is 3.11. The van der Waals surface area contributed by atoms with Gasteiger partial charge in [0.05, 0.1) is 17.2 Å². The van der Waals surface area contributed by atoms with E-state index in [0.717, 1.165) is 5.56 Å². The summed E-state index contributed by atoms with van der Waals surface area (Å²) in [4.78, 5) is 14.5. The maximum absolute atomic E-state index is 12.6. The number of nitrogens with one attached hydrogen (secondary N) is 3. The summed E-state index contributed by atoms with van der Waals surface area (Å²) < 4.78 is 53.0. The van der Waals surface area contributed by atoms with E-state index in [0.29, 0.717) is 37.3 Å². The maximum Gasteiger partial charge on any atom is 0.286 e. The third kappa shape index (κ3) is 6.28. The Morgan fingerprint density at radius 2 is 1.55 bits per heavy atom. The molecule has 1 aromatic heterocycles. The Labute approximate surface area is 182 Å². The van der Waals surface area contributed by atoms with E-state index in [2.05, 4.69) is 33.9 Å². The zero-order valence-corrected chi connectivity index (χ0v) is 19.1. The maximum atomic E-state index is 12.6. The van der Waals surface area contributed by atoms with Crippen LogP contribution in [-0.4, -0.2) is 44.0 Å². The molecule has 1 aliphatic rings. The van der Waals surface area contributed by atoms with Crippen LogP contribution in [0.1, 0.15) is 61.5 Å². The van der Waals surface area contributed by atoms with Crippen molar-refractivity contribution in [3.05, 3.63) is 41.6 Å². The Balaban J connectivity index is 1.99. The van der Waals surface area contributed by atoms with Crippen molar-refractivity contribution < 1.29 is 21.6 Å². The minimum absolute atomic E-state index is 0.0974. The summed E-state index contributed by atoms with van der Waals surface area (Å²) in [5.41, 5.74) is 3.65. The van der Waals surface area contributed by atoms with Gasteiger partial charge in [0, 0.05) is 6.07 Å². The molecule has 2 bridgehead atoms. The molecule has 2 heterocycles. The Bertz CT molecular complexity index is 1140. The molecule has 1 aliphatic heterocycles.